The second-order valence-corrected chi connectivity index (χ2v) is 11.2. The largest absolute Gasteiger partial charge is 0.492 e. The minimum Gasteiger partial charge on any atom is -0.492 e. The van der Waals surface area contributed by atoms with Gasteiger partial charge in [-0.25, -0.2) is 17.8 Å². The van der Waals surface area contributed by atoms with Gasteiger partial charge in [0.2, 0.25) is 10.0 Å². The number of nitrogens with zero attached hydrogens (tertiary/aromatic N) is 3. The van der Waals surface area contributed by atoms with Gasteiger partial charge in [0, 0.05) is 31.7 Å². The third-order valence-corrected chi connectivity index (χ3v) is 8.18. The number of halogens is 1. The van der Waals surface area contributed by atoms with Crippen LogP contribution in [0.1, 0.15) is 12.8 Å². The number of thiazole rings is 1. The van der Waals surface area contributed by atoms with Crippen LogP contribution in [0, 0.1) is 5.82 Å². The summed E-state index contributed by atoms with van der Waals surface area (Å²) in [6, 6.07) is 12.3. The molecule has 3 aromatic rings. The first-order chi connectivity index (χ1) is 15.3. The molecule has 2 aliphatic rings. The highest BCUT2D eigenvalue weighted by Gasteiger charge is 2.42. The number of piperazine rings is 1. The van der Waals surface area contributed by atoms with Crippen LogP contribution in [-0.4, -0.2) is 67.2 Å². The summed E-state index contributed by atoms with van der Waals surface area (Å²) in [7, 11) is -3.13. The lowest BCUT2D eigenvalue weighted by atomic mass is 10.2. The Morgan fingerprint density at radius 2 is 1.78 bits per heavy atom. The van der Waals surface area contributed by atoms with E-state index in [-0.39, 0.29) is 17.9 Å². The number of benzene rings is 2. The molecule has 5 rings (SSSR count). The van der Waals surface area contributed by atoms with Gasteiger partial charge in [-0.05, 0) is 55.3 Å². The van der Waals surface area contributed by atoms with Crippen molar-refractivity contribution >= 4 is 31.6 Å². The molecule has 2 aliphatic heterocycles. The van der Waals surface area contributed by atoms with E-state index in [9.17, 15) is 12.8 Å². The molecule has 0 aliphatic carbocycles. The highest BCUT2D eigenvalue weighted by atomic mass is 32.2. The number of sulfonamides is 1. The maximum Gasteiger partial charge on any atom is 0.279 e. The SMILES string of the molecule is CS(=O)(=O)N1CC2CCC(C1)N2CCOc1ccc(Oc2nc3ccc(F)cc3s2)cc1. The molecule has 3 heterocycles. The molecule has 0 N–H and O–H groups in total. The fourth-order valence-corrected chi connectivity index (χ4v) is 6.23. The lowest BCUT2D eigenvalue weighted by molar-refractivity contribution is 0.0930. The van der Waals surface area contributed by atoms with Gasteiger partial charge in [0.05, 0.1) is 16.5 Å². The van der Waals surface area contributed by atoms with E-state index in [0.717, 1.165) is 29.8 Å². The lowest BCUT2D eigenvalue weighted by Crippen LogP contribution is -2.55. The van der Waals surface area contributed by atoms with Crippen LogP contribution in [0.3, 0.4) is 0 Å². The van der Waals surface area contributed by atoms with Gasteiger partial charge in [0.25, 0.3) is 5.19 Å². The summed E-state index contributed by atoms with van der Waals surface area (Å²) in [5.74, 6) is 1.08. The summed E-state index contributed by atoms with van der Waals surface area (Å²) in [5.41, 5.74) is 0.706. The molecule has 0 amide bonds. The fourth-order valence-electron chi connectivity index (χ4n) is 4.48. The molecular formula is C22H24FN3O4S2. The van der Waals surface area contributed by atoms with E-state index in [1.54, 1.807) is 10.4 Å². The van der Waals surface area contributed by atoms with Crippen molar-refractivity contribution in [2.75, 3.05) is 32.5 Å². The predicted octanol–water partition coefficient (Wildman–Crippen LogP) is 3.71. The van der Waals surface area contributed by atoms with Crippen LogP contribution in [-0.2, 0) is 10.0 Å². The van der Waals surface area contributed by atoms with Gasteiger partial charge >= 0.3 is 0 Å². The topological polar surface area (TPSA) is 72.0 Å². The standard InChI is InChI=1S/C22H24FN3O4S2/c1-32(27,28)25-13-16-3-4-17(14-25)26(16)10-11-29-18-5-7-19(8-6-18)30-22-24-20-9-2-15(23)12-21(20)31-22/h2,5-9,12,16-17H,3-4,10-11,13-14H2,1H3. The Kier molecular flexibility index (Phi) is 5.79. The predicted molar refractivity (Wildman–Crippen MR) is 122 cm³/mol. The number of rotatable bonds is 7. The molecule has 32 heavy (non-hydrogen) atoms. The first kappa shape index (κ1) is 21.6. The Bertz CT molecular complexity index is 1200. The molecule has 0 spiro atoms. The number of aromatic nitrogens is 1. The first-order valence-corrected chi connectivity index (χ1v) is 13.2. The van der Waals surface area contributed by atoms with E-state index in [1.165, 1.54) is 29.7 Å². The molecule has 2 fully saturated rings. The summed E-state index contributed by atoms with van der Waals surface area (Å²) < 4.78 is 51.1. The zero-order valence-electron chi connectivity index (χ0n) is 17.6. The fraction of sp³-hybridized carbons (Fsp3) is 0.409. The second kappa shape index (κ2) is 8.58. The van der Waals surface area contributed by atoms with E-state index in [4.69, 9.17) is 9.47 Å². The zero-order chi connectivity index (χ0) is 22.3. The molecular weight excluding hydrogens is 453 g/mol. The maximum atomic E-state index is 13.3. The highest BCUT2D eigenvalue weighted by Crippen LogP contribution is 2.33. The summed E-state index contributed by atoms with van der Waals surface area (Å²) in [5, 5.41) is 0.461. The Balaban J connectivity index is 1.14. The van der Waals surface area contributed by atoms with Crippen molar-refractivity contribution in [2.24, 2.45) is 0 Å². The summed E-state index contributed by atoms with van der Waals surface area (Å²) >= 11 is 1.30. The first-order valence-electron chi connectivity index (χ1n) is 10.5. The number of hydrogen-bond acceptors (Lipinski definition) is 7. The molecule has 7 nitrogen and oxygen atoms in total. The molecule has 0 radical (unpaired) electrons. The average Bonchev–Trinajstić information content (AvgIpc) is 3.23. The Morgan fingerprint density at radius 1 is 1.09 bits per heavy atom. The van der Waals surface area contributed by atoms with Gasteiger partial charge in [0.1, 0.15) is 23.9 Å². The quantitative estimate of drug-likeness (QED) is 0.517. The van der Waals surface area contributed by atoms with E-state index >= 15 is 0 Å². The van der Waals surface area contributed by atoms with E-state index in [1.807, 2.05) is 24.3 Å². The Hall–Kier alpha value is -2.27. The van der Waals surface area contributed by atoms with Crippen molar-refractivity contribution in [1.82, 2.24) is 14.2 Å². The van der Waals surface area contributed by atoms with Gasteiger partial charge < -0.3 is 9.47 Å². The van der Waals surface area contributed by atoms with Crippen molar-refractivity contribution in [2.45, 2.75) is 24.9 Å². The molecule has 2 saturated heterocycles. The molecule has 2 atom stereocenters. The van der Waals surface area contributed by atoms with E-state index < -0.39 is 10.0 Å². The minimum atomic E-state index is -3.13. The average molecular weight is 478 g/mol. The van der Waals surface area contributed by atoms with Crippen molar-refractivity contribution in [3.8, 4) is 16.7 Å². The van der Waals surface area contributed by atoms with Gasteiger partial charge in [-0.2, -0.15) is 4.31 Å². The number of fused-ring (bicyclic) bond motifs is 3. The molecule has 2 bridgehead atoms. The van der Waals surface area contributed by atoms with Crippen molar-refractivity contribution in [3.63, 3.8) is 0 Å². The number of hydrogen-bond donors (Lipinski definition) is 0. The minimum absolute atomic E-state index is 0.269. The van der Waals surface area contributed by atoms with Crippen molar-refractivity contribution in [1.29, 1.82) is 0 Å². The second-order valence-electron chi connectivity index (χ2n) is 8.22. The van der Waals surface area contributed by atoms with Crippen molar-refractivity contribution in [3.05, 3.63) is 48.3 Å². The van der Waals surface area contributed by atoms with E-state index in [2.05, 4.69) is 9.88 Å². The highest BCUT2D eigenvalue weighted by molar-refractivity contribution is 7.88. The van der Waals surface area contributed by atoms with Crippen LogP contribution >= 0.6 is 11.3 Å². The number of ether oxygens (including phenoxy) is 2. The summed E-state index contributed by atoms with van der Waals surface area (Å²) in [4.78, 5) is 6.75. The lowest BCUT2D eigenvalue weighted by Gasteiger charge is -2.39. The van der Waals surface area contributed by atoms with Gasteiger partial charge in [-0.3, -0.25) is 4.90 Å². The normalized spacial score (nSPS) is 21.8. The third kappa shape index (κ3) is 4.59. The molecule has 2 unspecified atom stereocenters. The third-order valence-electron chi connectivity index (χ3n) is 6.05. The van der Waals surface area contributed by atoms with Crippen molar-refractivity contribution < 1.29 is 22.3 Å². The van der Waals surface area contributed by atoms with Crippen LogP contribution in [0.4, 0.5) is 4.39 Å². The van der Waals surface area contributed by atoms with Crippen LogP contribution in [0.5, 0.6) is 16.7 Å². The molecule has 1 aromatic heterocycles. The van der Waals surface area contributed by atoms with E-state index in [0.29, 0.717) is 36.2 Å². The molecule has 0 saturated carbocycles. The summed E-state index contributed by atoms with van der Waals surface area (Å²) in [6.07, 6.45) is 3.34. The molecule has 10 heteroatoms. The van der Waals surface area contributed by atoms with Crippen LogP contribution in [0.15, 0.2) is 42.5 Å². The van der Waals surface area contributed by atoms with Gasteiger partial charge in [-0.15, -0.1) is 0 Å². The van der Waals surface area contributed by atoms with Gasteiger partial charge in [-0.1, -0.05) is 11.3 Å². The Labute approximate surface area is 190 Å². The Morgan fingerprint density at radius 3 is 2.47 bits per heavy atom. The zero-order valence-corrected chi connectivity index (χ0v) is 19.2. The van der Waals surface area contributed by atoms with Crippen LogP contribution in [0.25, 0.3) is 10.2 Å². The monoisotopic (exact) mass is 477 g/mol. The van der Waals surface area contributed by atoms with Gasteiger partial charge in [0.15, 0.2) is 0 Å². The molecule has 2 aromatic carbocycles. The molecule has 170 valence electrons. The maximum absolute atomic E-state index is 13.3. The summed E-state index contributed by atoms with van der Waals surface area (Å²) in [6.45, 7) is 2.45. The van der Waals surface area contributed by atoms with Crippen LogP contribution in [0.2, 0.25) is 0 Å². The van der Waals surface area contributed by atoms with Crippen LogP contribution < -0.4 is 9.47 Å². The smallest absolute Gasteiger partial charge is 0.279 e.